The van der Waals surface area contributed by atoms with Gasteiger partial charge in [-0.05, 0) is 30.7 Å². The van der Waals surface area contributed by atoms with Gasteiger partial charge in [-0.15, -0.1) is 0 Å². The van der Waals surface area contributed by atoms with E-state index in [1.165, 1.54) is 24.4 Å². The smallest absolute Gasteiger partial charge is 0.338 e. The van der Waals surface area contributed by atoms with Crippen LogP contribution in [0.15, 0.2) is 30.5 Å². The summed E-state index contributed by atoms with van der Waals surface area (Å²) >= 11 is 0. The first kappa shape index (κ1) is 12.8. The Kier molecular flexibility index (Phi) is 3.33. The van der Waals surface area contributed by atoms with Crippen molar-refractivity contribution < 1.29 is 19.0 Å². The molecular weight excluding hydrogens is 251 g/mol. The van der Waals surface area contributed by atoms with Crippen molar-refractivity contribution >= 4 is 11.7 Å². The molecule has 2 rings (SSSR count). The summed E-state index contributed by atoms with van der Waals surface area (Å²) in [5.74, 6) is -1.96. The number of carboxylic acid groups (broad SMARTS) is 1. The fourth-order valence-corrected chi connectivity index (χ4v) is 1.51. The highest BCUT2D eigenvalue weighted by Crippen LogP contribution is 2.29. The predicted octanol–water partition coefficient (Wildman–Crippen LogP) is 2.60. The number of carbonyl (C=O) groups is 1. The van der Waals surface area contributed by atoms with Crippen LogP contribution in [0.5, 0.6) is 11.6 Å². The van der Waals surface area contributed by atoms with Crippen LogP contribution in [0.1, 0.15) is 15.9 Å². The SMILES string of the molecule is Cc1ccc(F)c(Oc2nccc(C(=O)O)c2N)c1. The summed E-state index contributed by atoms with van der Waals surface area (Å²) in [6, 6.07) is 5.57. The van der Waals surface area contributed by atoms with Crippen molar-refractivity contribution in [3.05, 3.63) is 47.4 Å². The van der Waals surface area contributed by atoms with Crippen LogP contribution >= 0.6 is 0 Å². The maximum absolute atomic E-state index is 13.5. The topological polar surface area (TPSA) is 85.4 Å². The van der Waals surface area contributed by atoms with E-state index in [1.807, 2.05) is 0 Å². The number of nitrogens with two attached hydrogens (primary N) is 1. The first-order valence-corrected chi connectivity index (χ1v) is 5.41. The molecule has 0 fully saturated rings. The first-order valence-electron chi connectivity index (χ1n) is 5.41. The molecule has 6 heteroatoms. The number of nitrogen functional groups attached to an aromatic ring is 1. The molecule has 19 heavy (non-hydrogen) atoms. The van der Waals surface area contributed by atoms with Crippen molar-refractivity contribution in [2.24, 2.45) is 0 Å². The summed E-state index contributed by atoms with van der Waals surface area (Å²) in [5.41, 5.74) is 6.14. The average molecular weight is 262 g/mol. The van der Waals surface area contributed by atoms with Gasteiger partial charge in [0.15, 0.2) is 11.6 Å². The minimum Gasteiger partial charge on any atom is -0.478 e. The summed E-state index contributed by atoms with van der Waals surface area (Å²) in [6.45, 7) is 1.77. The third-order valence-corrected chi connectivity index (χ3v) is 2.48. The summed E-state index contributed by atoms with van der Waals surface area (Å²) in [5, 5.41) is 8.92. The molecule has 0 bridgehead atoms. The Morgan fingerprint density at radius 2 is 2.16 bits per heavy atom. The van der Waals surface area contributed by atoms with Gasteiger partial charge in [-0.1, -0.05) is 6.07 Å². The van der Waals surface area contributed by atoms with Crippen LogP contribution in [0.25, 0.3) is 0 Å². The third kappa shape index (κ3) is 2.62. The molecule has 2 aromatic rings. The largest absolute Gasteiger partial charge is 0.478 e. The fourth-order valence-electron chi connectivity index (χ4n) is 1.51. The highest BCUT2D eigenvalue weighted by Gasteiger charge is 2.15. The Hall–Kier alpha value is -2.63. The summed E-state index contributed by atoms with van der Waals surface area (Å²) in [6.07, 6.45) is 1.24. The van der Waals surface area contributed by atoms with Crippen LogP contribution in [0.4, 0.5) is 10.1 Å². The van der Waals surface area contributed by atoms with E-state index in [2.05, 4.69) is 4.98 Å². The maximum atomic E-state index is 13.5. The first-order chi connectivity index (χ1) is 8.99. The Labute approximate surface area is 108 Å². The maximum Gasteiger partial charge on any atom is 0.338 e. The molecule has 1 aromatic carbocycles. The van der Waals surface area contributed by atoms with Gasteiger partial charge >= 0.3 is 5.97 Å². The molecule has 0 aliphatic carbocycles. The second-order valence-corrected chi connectivity index (χ2v) is 3.92. The van der Waals surface area contributed by atoms with Crippen molar-refractivity contribution in [2.75, 3.05) is 5.73 Å². The standard InChI is InChI=1S/C13H11FN2O3/c1-7-2-3-9(14)10(6-7)19-12-11(15)8(13(17)18)4-5-16-12/h2-6H,15H2,1H3,(H,17,18). The summed E-state index contributed by atoms with van der Waals surface area (Å²) < 4.78 is 18.8. The molecule has 0 amide bonds. The van der Waals surface area contributed by atoms with Gasteiger partial charge in [-0.2, -0.15) is 0 Å². The number of aromatic nitrogens is 1. The van der Waals surface area contributed by atoms with Crippen molar-refractivity contribution in [3.8, 4) is 11.6 Å². The second kappa shape index (κ2) is 4.93. The quantitative estimate of drug-likeness (QED) is 0.888. The van der Waals surface area contributed by atoms with Crippen LogP contribution in [0.3, 0.4) is 0 Å². The average Bonchev–Trinajstić information content (AvgIpc) is 2.36. The van der Waals surface area contributed by atoms with Crippen molar-refractivity contribution in [1.82, 2.24) is 4.98 Å². The van der Waals surface area contributed by atoms with Gasteiger partial charge in [0.25, 0.3) is 0 Å². The lowest BCUT2D eigenvalue weighted by molar-refractivity contribution is 0.0697. The number of anilines is 1. The van der Waals surface area contributed by atoms with Crippen molar-refractivity contribution in [2.45, 2.75) is 6.92 Å². The number of pyridine rings is 1. The van der Waals surface area contributed by atoms with Gasteiger partial charge in [0.05, 0.1) is 5.56 Å². The molecule has 3 N–H and O–H groups in total. The molecule has 5 nitrogen and oxygen atoms in total. The molecule has 0 atom stereocenters. The van der Waals surface area contributed by atoms with Gasteiger partial charge in [-0.3, -0.25) is 0 Å². The van der Waals surface area contributed by atoms with Crippen molar-refractivity contribution in [3.63, 3.8) is 0 Å². The molecule has 0 saturated carbocycles. The monoisotopic (exact) mass is 262 g/mol. The minimum absolute atomic E-state index is 0.0539. The molecule has 0 aliphatic rings. The van der Waals surface area contributed by atoms with E-state index in [4.69, 9.17) is 15.6 Å². The Morgan fingerprint density at radius 1 is 1.42 bits per heavy atom. The van der Waals surface area contributed by atoms with E-state index in [0.29, 0.717) is 0 Å². The number of ether oxygens (including phenoxy) is 1. The zero-order valence-corrected chi connectivity index (χ0v) is 10.1. The van der Waals surface area contributed by atoms with E-state index in [1.54, 1.807) is 13.0 Å². The van der Waals surface area contributed by atoms with Gasteiger partial charge < -0.3 is 15.6 Å². The van der Waals surface area contributed by atoms with Crippen LogP contribution < -0.4 is 10.5 Å². The van der Waals surface area contributed by atoms with Gasteiger partial charge in [-0.25, -0.2) is 14.2 Å². The van der Waals surface area contributed by atoms with E-state index in [-0.39, 0.29) is 22.9 Å². The Morgan fingerprint density at radius 3 is 2.84 bits per heavy atom. The fraction of sp³-hybridized carbons (Fsp3) is 0.0769. The molecule has 1 aromatic heterocycles. The number of halogens is 1. The highest BCUT2D eigenvalue weighted by molar-refractivity contribution is 5.94. The minimum atomic E-state index is -1.20. The molecule has 0 saturated heterocycles. The van der Waals surface area contributed by atoms with Gasteiger partial charge in [0.1, 0.15) is 5.69 Å². The number of nitrogens with zero attached hydrogens (tertiary/aromatic N) is 1. The van der Waals surface area contributed by atoms with E-state index >= 15 is 0 Å². The Balaban J connectivity index is 2.41. The molecule has 1 heterocycles. The highest BCUT2D eigenvalue weighted by atomic mass is 19.1. The lowest BCUT2D eigenvalue weighted by Gasteiger charge is -2.10. The number of hydrogen-bond donors (Lipinski definition) is 2. The van der Waals surface area contributed by atoms with Crippen molar-refractivity contribution in [1.29, 1.82) is 0 Å². The van der Waals surface area contributed by atoms with Crippen LogP contribution in [-0.4, -0.2) is 16.1 Å². The number of aryl methyl sites for hydroxylation is 1. The predicted molar refractivity (Wildman–Crippen MR) is 66.8 cm³/mol. The molecule has 98 valence electrons. The third-order valence-electron chi connectivity index (χ3n) is 2.48. The zero-order chi connectivity index (χ0) is 14.0. The number of hydrogen-bond acceptors (Lipinski definition) is 4. The van der Waals surface area contributed by atoms with E-state index < -0.39 is 11.8 Å². The normalized spacial score (nSPS) is 10.2. The number of rotatable bonds is 3. The second-order valence-electron chi connectivity index (χ2n) is 3.92. The van der Waals surface area contributed by atoms with Gasteiger partial charge in [0, 0.05) is 6.20 Å². The molecule has 0 aliphatic heterocycles. The number of carboxylic acids is 1. The Bertz CT molecular complexity index is 644. The number of aromatic carboxylic acids is 1. The summed E-state index contributed by atoms with van der Waals surface area (Å²) in [7, 11) is 0. The molecular formula is C13H11FN2O3. The van der Waals surface area contributed by atoms with Crippen LogP contribution in [-0.2, 0) is 0 Å². The molecule has 0 unspecified atom stereocenters. The van der Waals surface area contributed by atoms with Crippen LogP contribution in [0.2, 0.25) is 0 Å². The van der Waals surface area contributed by atoms with E-state index in [0.717, 1.165) is 5.56 Å². The van der Waals surface area contributed by atoms with E-state index in [9.17, 15) is 9.18 Å². The lowest BCUT2D eigenvalue weighted by Crippen LogP contribution is -2.05. The van der Waals surface area contributed by atoms with Crippen LogP contribution in [0, 0.1) is 12.7 Å². The molecule has 0 radical (unpaired) electrons. The summed E-state index contributed by atoms with van der Waals surface area (Å²) in [4.78, 5) is 14.7. The zero-order valence-electron chi connectivity index (χ0n) is 10.1. The molecule has 0 spiro atoms. The number of benzene rings is 1. The van der Waals surface area contributed by atoms with Gasteiger partial charge in [0.2, 0.25) is 5.88 Å². The lowest BCUT2D eigenvalue weighted by atomic mass is 10.2.